The molecule has 60 heavy (non-hydrogen) atoms. The van der Waals surface area contributed by atoms with Crippen molar-refractivity contribution in [3.05, 3.63) is 90.3 Å². The van der Waals surface area contributed by atoms with Crippen LogP contribution in [0.5, 0.6) is 0 Å². The summed E-state index contributed by atoms with van der Waals surface area (Å²) in [5.41, 5.74) is 20.8. The van der Waals surface area contributed by atoms with Gasteiger partial charge in [-0.2, -0.15) is 0 Å². The van der Waals surface area contributed by atoms with E-state index in [9.17, 15) is 33.9 Å². The maximum atomic E-state index is 14.1. The predicted octanol–water partition coefficient (Wildman–Crippen LogP) is -0.670. The molecular weight excluding hydrogens is 775 g/mol. The zero-order chi connectivity index (χ0) is 43.3. The molecule has 20 nitrogen and oxygen atoms in total. The normalized spacial score (nSPS) is 14.2. The summed E-state index contributed by atoms with van der Waals surface area (Å²) in [7, 11) is 0. The number of aliphatic imine (C=N–C) groups is 1. The minimum Gasteiger partial charge on any atom is -0.480 e. The second-order valence-electron chi connectivity index (χ2n) is 14.4. The second-order valence-corrected chi connectivity index (χ2v) is 14.4. The van der Waals surface area contributed by atoms with Gasteiger partial charge in [-0.1, -0.05) is 36.4 Å². The summed E-state index contributed by atoms with van der Waals surface area (Å²) in [6, 6.07) is 7.56. The highest BCUT2D eigenvalue weighted by atomic mass is 16.4. The number of nitrogens with two attached hydrogens (primary N) is 3. The molecule has 0 bridgehead atoms. The van der Waals surface area contributed by atoms with E-state index in [1.54, 1.807) is 12.4 Å². The van der Waals surface area contributed by atoms with E-state index in [2.05, 4.69) is 51.5 Å². The Labute approximate surface area is 344 Å². The van der Waals surface area contributed by atoms with E-state index in [1.807, 2.05) is 48.5 Å². The monoisotopic (exact) mass is 825 g/mol. The third-order valence-corrected chi connectivity index (χ3v) is 9.85. The average Bonchev–Trinajstić information content (AvgIpc) is 3.99. The third-order valence-electron chi connectivity index (χ3n) is 9.85. The van der Waals surface area contributed by atoms with E-state index >= 15 is 0 Å². The third kappa shape index (κ3) is 11.9. The number of hydrogen-bond donors (Lipinski definition) is 12. The number of aromatic amines is 3. The van der Waals surface area contributed by atoms with E-state index in [0.717, 1.165) is 27.4 Å². The number of H-pyrrole nitrogens is 3. The largest absolute Gasteiger partial charge is 0.480 e. The lowest BCUT2D eigenvalue weighted by atomic mass is 10.0. The number of benzene rings is 2. The number of carbonyl (C=O) groups excluding carboxylic acids is 5. The Balaban J connectivity index is 1.33. The van der Waals surface area contributed by atoms with Crippen molar-refractivity contribution in [2.75, 3.05) is 6.54 Å². The van der Waals surface area contributed by atoms with Crippen LogP contribution in [0, 0.1) is 0 Å². The molecule has 318 valence electrons. The van der Waals surface area contributed by atoms with Gasteiger partial charge in [-0.25, -0.2) is 4.98 Å². The van der Waals surface area contributed by atoms with Gasteiger partial charge in [-0.05, 0) is 49.9 Å². The molecule has 0 fully saturated rings. The Morgan fingerprint density at radius 1 is 0.683 bits per heavy atom. The highest BCUT2D eigenvalue weighted by Crippen LogP contribution is 2.21. The van der Waals surface area contributed by atoms with E-state index < -0.39 is 71.8 Å². The first-order chi connectivity index (χ1) is 28.7. The fourth-order valence-electron chi connectivity index (χ4n) is 6.56. The minimum atomic E-state index is -1.27. The number of guanidine groups is 1. The van der Waals surface area contributed by atoms with Crippen molar-refractivity contribution in [2.45, 2.75) is 82.2 Å². The van der Waals surface area contributed by atoms with Crippen LogP contribution in [0.25, 0.3) is 21.8 Å². The number of carboxylic acids is 1. The Hall–Kier alpha value is -7.22. The number of aliphatic carboxylic acids is 1. The number of aromatic nitrogens is 4. The van der Waals surface area contributed by atoms with Crippen molar-refractivity contribution in [1.29, 1.82) is 0 Å². The smallest absolute Gasteiger partial charge is 0.325 e. The zero-order valence-electron chi connectivity index (χ0n) is 33.2. The number of hydrogen-bond acceptors (Lipinski definition) is 9. The van der Waals surface area contributed by atoms with E-state index in [1.165, 1.54) is 26.4 Å². The molecule has 2 aromatic carbocycles. The molecule has 3 aromatic heterocycles. The second kappa shape index (κ2) is 20.5. The number of nitrogens with zero attached hydrogens (tertiary/aromatic N) is 2. The molecule has 0 aliphatic carbocycles. The average molecular weight is 826 g/mol. The van der Waals surface area contributed by atoms with Crippen LogP contribution in [0.4, 0.5) is 0 Å². The first-order valence-corrected chi connectivity index (χ1v) is 19.3. The van der Waals surface area contributed by atoms with Gasteiger partial charge in [0.2, 0.25) is 29.5 Å². The number of amides is 5. The summed E-state index contributed by atoms with van der Waals surface area (Å²) in [5.74, 6) is -5.01. The first kappa shape index (κ1) is 43.9. The van der Waals surface area contributed by atoms with Crippen molar-refractivity contribution in [3.63, 3.8) is 0 Å². The Bertz CT molecular complexity index is 2320. The highest BCUT2D eigenvalue weighted by Gasteiger charge is 2.32. The highest BCUT2D eigenvalue weighted by molar-refractivity contribution is 5.97. The minimum absolute atomic E-state index is 0.00679. The molecule has 6 atom stereocenters. The van der Waals surface area contributed by atoms with Crippen molar-refractivity contribution in [2.24, 2.45) is 22.2 Å². The lowest BCUT2D eigenvalue weighted by Gasteiger charge is -2.26. The van der Waals surface area contributed by atoms with Crippen LogP contribution in [0.2, 0.25) is 0 Å². The predicted molar refractivity (Wildman–Crippen MR) is 223 cm³/mol. The topological polar surface area (TPSA) is 333 Å². The molecule has 0 aliphatic rings. The molecule has 0 radical (unpaired) electrons. The quantitative estimate of drug-likeness (QED) is 0.0250. The molecular formula is C40H51N13O7. The van der Waals surface area contributed by atoms with Crippen LogP contribution in [-0.4, -0.2) is 109 Å². The maximum absolute atomic E-state index is 14.1. The molecule has 5 rings (SSSR count). The molecule has 5 amide bonds. The van der Waals surface area contributed by atoms with Crippen LogP contribution in [0.1, 0.15) is 43.5 Å². The van der Waals surface area contributed by atoms with E-state index in [-0.39, 0.29) is 44.6 Å². The van der Waals surface area contributed by atoms with E-state index in [0.29, 0.717) is 11.3 Å². The number of imidazole rings is 1. The summed E-state index contributed by atoms with van der Waals surface area (Å²) in [6.45, 7) is 2.81. The Kier molecular flexibility index (Phi) is 15.0. The van der Waals surface area contributed by atoms with Crippen molar-refractivity contribution >= 4 is 63.3 Å². The van der Waals surface area contributed by atoms with Gasteiger partial charge in [0.15, 0.2) is 5.96 Å². The first-order valence-electron chi connectivity index (χ1n) is 19.3. The van der Waals surface area contributed by atoms with Crippen LogP contribution < -0.4 is 43.8 Å². The molecule has 15 N–H and O–H groups in total. The molecule has 0 unspecified atom stereocenters. The fraction of sp³-hybridized carbons (Fsp3) is 0.350. The van der Waals surface area contributed by atoms with Gasteiger partial charge in [0, 0.05) is 71.9 Å². The number of rotatable bonds is 21. The van der Waals surface area contributed by atoms with Gasteiger partial charge in [0.25, 0.3) is 0 Å². The zero-order valence-corrected chi connectivity index (χ0v) is 33.2. The SMILES string of the molecule is C[C@H](NC(=O)[C@H](Cc1c[nH]c2ccccc12)NC(=O)[C@H](C)NC(=O)[C@H](CCCN=C(N)N)NC(=O)[C@H](Cc1c[nH]c2ccccc12)NC(=O)[C@@H](N)Cc1cnc[nH]1)C(=O)O. The number of fused-ring (bicyclic) bond motifs is 2. The number of carbonyl (C=O) groups is 6. The number of para-hydroxylation sites is 2. The van der Waals surface area contributed by atoms with Gasteiger partial charge in [-0.15, -0.1) is 0 Å². The van der Waals surface area contributed by atoms with Crippen molar-refractivity contribution in [1.82, 2.24) is 46.5 Å². The molecule has 5 aromatic rings. The van der Waals surface area contributed by atoms with Crippen molar-refractivity contribution < 1.29 is 33.9 Å². The summed E-state index contributed by atoms with van der Waals surface area (Å²) >= 11 is 0. The molecule has 20 heteroatoms. The van der Waals surface area contributed by atoms with Crippen LogP contribution in [0.3, 0.4) is 0 Å². The molecule has 0 spiro atoms. The summed E-state index contributed by atoms with van der Waals surface area (Å²) in [5, 5.41) is 24.2. The maximum Gasteiger partial charge on any atom is 0.325 e. The molecule has 0 aliphatic heterocycles. The van der Waals surface area contributed by atoms with Crippen LogP contribution in [-0.2, 0) is 48.0 Å². The van der Waals surface area contributed by atoms with Gasteiger partial charge in [0.05, 0.1) is 12.4 Å². The Morgan fingerprint density at radius 2 is 1.20 bits per heavy atom. The molecule has 0 saturated heterocycles. The Morgan fingerprint density at radius 3 is 1.75 bits per heavy atom. The summed E-state index contributed by atoms with van der Waals surface area (Å²) in [4.78, 5) is 97.1. The molecule has 0 saturated carbocycles. The lowest BCUT2D eigenvalue weighted by molar-refractivity contribution is -0.141. The van der Waals surface area contributed by atoms with Gasteiger partial charge < -0.3 is 63.8 Å². The number of carboxylic acid groups (broad SMARTS) is 1. The summed E-state index contributed by atoms with van der Waals surface area (Å²) < 4.78 is 0. The van der Waals surface area contributed by atoms with Gasteiger partial charge in [0.1, 0.15) is 30.2 Å². The standard InChI is InChI=1S/C40H51N13O7/c1-21(34(54)52-32(37(57)50-22(2)39(59)60)14-23-17-46-29-10-5-3-8-26(23)29)49-36(56)31(12-7-13-45-40(42)43)51-38(58)33(15-24-18-47-30-11-6-4-9-27(24)30)53-35(55)28(41)16-25-19-44-20-48-25/h3-6,8-11,17-22,28,31-33,46-47H,7,12-16,41H2,1-2H3,(H,44,48)(H,49,56)(H,50,57)(H,51,58)(H,52,54)(H,53,55)(H,59,60)(H4,42,43,45)/t21-,22-,28-,31-,32-,33-/m0/s1. The van der Waals surface area contributed by atoms with Crippen LogP contribution >= 0.6 is 0 Å². The van der Waals surface area contributed by atoms with Crippen molar-refractivity contribution in [3.8, 4) is 0 Å². The van der Waals surface area contributed by atoms with Gasteiger partial charge in [-0.3, -0.25) is 33.8 Å². The van der Waals surface area contributed by atoms with E-state index in [4.69, 9.17) is 17.2 Å². The summed E-state index contributed by atoms with van der Waals surface area (Å²) in [6.07, 6.45) is 6.82. The number of nitrogens with one attached hydrogen (secondary N) is 8. The van der Waals surface area contributed by atoms with Crippen LogP contribution in [0.15, 0.2) is 78.4 Å². The molecule has 3 heterocycles. The fourth-order valence-corrected chi connectivity index (χ4v) is 6.56. The lowest BCUT2D eigenvalue weighted by Crippen LogP contribution is -2.59. The van der Waals surface area contributed by atoms with Gasteiger partial charge >= 0.3 is 5.97 Å².